The molecule has 0 atom stereocenters. The van der Waals surface area contributed by atoms with Gasteiger partial charge >= 0.3 is 0 Å². The van der Waals surface area contributed by atoms with E-state index in [0.29, 0.717) is 6.04 Å². The van der Waals surface area contributed by atoms with Crippen molar-refractivity contribution in [2.45, 2.75) is 18.9 Å². The molecule has 2 heterocycles. The number of nitrogens with zero attached hydrogens (tertiary/aromatic N) is 2. The van der Waals surface area contributed by atoms with Gasteiger partial charge in [0.15, 0.2) is 0 Å². The number of carbonyl (C=O) groups is 1. The van der Waals surface area contributed by atoms with Crippen LogP contribution in [0, 0.1) is 0 Å². The molecule has 1 aromatic rings. The van der Waals surface area contributed by atoms with E-state index in [1.807, 2.05) is 35.2 Å². The monoisotopic (exact) mass is 230 g/mol. The number of carbonyl (C=O) groups excluding carboxylic acids is 1. The van der Waals surface area contributed by atoms with E-state index >= 15 is 0 Å². The van der Waals surface area contributed by atoms with Crippen molar-refractivity contribution in [3.05, 3.63) is 35.9 Å². The van der Waals surface area contributed by atoms with Crippen LogP contribution >= 0.6 is 0 Å². The summed E-state index contributed by atoms with van der Waals surface area (Å²) in [5, 5.41) is 0. The van der Waals surface area contributed by atoms with Crippen molar-refractivity contribution in [1.82, 2.24) is 9.80 Å². The highest BCUT2D eigenvalue weighted by molar-refractivity contribution is 5.94. The lowest BCUT2D eigenvalue weighted by molar-refractivity contribution is 0.0334. The summed E-state index contributed by atoms with van der Waals surface area (Å²) in [6.45, 7) is 4.26. The van der Waals surface area contributed by atoms with Crippen molar-refractivity contribution in [1.29, 1.82) is 0 Å². The highest BCUT2D eigenvalue weighted by atomic mass is 16.2. The van der Waals surface area contributed by atoms with E-state index in [1.54, 1.807) is 0 Å². The molecule has 2 aliphatic rings. The highest BCUT2D eigenvalue weighted by Gasteiger charge is 2.35. The number of likely N-dealkylation sites (tertiary alicyclic amines) is 2. The van der Waals surface area contributed by atoms with Gasteiger partial charge in [0.05, 0.1) is 0 Å². The Morgan fingerprint density at radius 3 is 2.35 bits per heavy atom. The first kappa shape index (κ1) is 10.8. The van der Waals surface area contributed by atoms with Crippen LogP contribution in [-0.4, -0.2) is 47.9 Å². The van der Waals surface area contributed by atoms with Gasteiger partial charge in [-0.05, 0) is 38.1 Å². The van der Waals surface area contributed by atoms with Crippen LogP contribution in [0.15, 0.2) is 30.3 Å². The Balaban J connectivity index is 1.57. The fourth-order valence-corrected chi connectivity index (χ4v) is 2.72. The maximum absolute atomic E-state index is 12.1. The van der Waals surface area contributed by atoms with Gasteiger partial charge in [0.25, 0.3) is 5.91 Å². The van der Waals surface area contributed by atoms with Gasteiger partial charge in [-0.3, -0.25) is 9.69 Å². The number of hydrogen-bond donors (Lipinski definition) is 0. The second-order valence-corrected chi connectivity index (χ2v) is 4.97. The van der Waals surface area contributed by atoms with Crippen LogP contribution < -0.4 is 0 Å². The molecule has 3 nitrogen and oxygen atoms in total. The van der Waals surface area contributed by atoms with Crippen molar-refractivity contribution < 1.29 is 4.79 Å². The van der Waals surface area contributed by atoms with Crippen LogP contribution in [0.1, 0.15) is 23.2 Å². The first-order valence-electron chi connectivity index (χ1n) is 6.43. The van der Waals surface area contributed by atoms with E-state index in [-0.39, 0.29) is 5.91 Å². The molecule has 0 aliphatic carbocycles. The van der Waals surface area contributed by atoms with E-state index in [0.717, 1.165) is 18.7 Å². The van der Waals surface area contributed by atoms with Crippen LogP contribution in [0.25, 0.3) is 0 Å². The molecule has 1 aromatic carbocycles. The summed E-state index contributed by atoms with van der Waals surface area (Å²) in [6, 6.07) is 10.2. The summed E-state index contributed by atoms with van der Waals surface area (Å²) in [5.74, 6) is 0.182. The quantitative estimate of drug-likeness (QED) is 0.770. The van der Waals surface area contributed by atoms with E-state index < -0.39 is 0 Å². The number of hydrogen-bond acceptors (Lipinski definition) is 2. The smallest absolute Gasteiger partial charge is 0.253 e. The van der Waals surface area contributed by atoms with Gasteiger partial charge < -0.3 is 4.90 Å². The summed E-state index contributed by atoms with van der Waals surface area (Å²) in [5.41, 5.74) is 0.812. The zero-order valence-corrected chi connectivity index (χ0v) is 10.0. The SMILES string of the molecule is O=C(c1ccccc1)N1CC(N2CCCC2)C1. The van der Waals surface area contributed by atoms with Crippen LogP contribution in [-0.2, 0) is 0 Å². The van der Waals surface area contributed by atoms with Crippen molar-refractivity contribution in [3.63, 3.8) is 0 Å². The molecular formula is C14H18N2O. The third-order valence-corrected chi connectivity index (χ3v) is 3.83. The summed E-state index contributed by atoms with van der Waals surface area (Å²) < 4.78 is 0. The van der Waals surface area contributed by atoms with Crippen LogP contribution in [0.5, 0.6) is 0 Å². The van der Waals surface area contributed by atoms with Crippen LogP contribution in [0.4, 0.5) is 0 Å². The summed E-state index contributed by atoms with van der Waals surface area (Å²) in [6.07, 6.45) is 2.65. The Morgan fingerprint density at radius 1 is 1.06 bits per heavy atom. The first-order valence-corrected chi connectivity index (χ1v) is 6.43. The molecule has 0 unspecified atom stereocenters. The second kappa shape index (κ2) is 4.49. The molecule has 0 bridgehead atoms. The first-order chi connectivity index (χ1) is 8.34. The lowest BCUT2D eigenvalue weighted by Crippen LogP contribution is -2.60. The predicted octanol–water partition coefficient (Wildman–Crippen LogP) is 1.61. The van der Waals surface area contributed by atoms with Crippen LogP contribution in [0.2, 0.25) is 0 Å². The van der Waals surface area contributed by atoms with Gasteiger partial charge in [-0.1, -0.05) is 18.2 Å². The minimum atomic E-state index is 0.182. The molecule has 3 rings (SSSR count). The molecule has 2 aliphatic heterocycles. The molecule has 3 heteroatoms. The van der Waals surface area contributed by atoms with Gasteiger partial charge in [0, 0.05) is 24.7 Å². The fraction of sp³-hybridized carbons (Fsp3) is 0.500. The van der Waals surface area contributed by atoms with Gasteiger partial charge in [0.2, 0.25) is 0 Å². The molecule has 0 aromatic heterocycles. The van der Waals surface area contributed by atoms with Crippen molar-refractivity contribution in [3.8, 4) is 0 Å². The molecule has 17 heavy (non-hydrogen) atoms. The third kappa shape index (κ3) is 2.07. The third-order valence-electron chi connectivity index (χ3n) is 3.83. The lowest BCUT2D eigenvalue weighted by Gasteiger charge is -2.44. The summed E-state index contributed by atoms with van der Waals surface area (Å²) in [4.78, 5) is 16.6. The van der Waals surface area contributed by atoms with Gasteiger partial charge in [-0.2, -0.15) is 0 Å². The van der Waals surface area contributed by atoms with Gasteiger partial charge in [0.1, 0.15) is 0 Å². The van der Waals surface area contributed by atoms with E-state index in [2.05, 4.69) is 4.90 Å². The molecule has 0 radical (unpaired) electrons. The zero-order valence-electron chi connectivity index (χ0n) is 10.0. The van der Waals surface area contributed by atoms with Crippen molar-refractivity contribution in [2.24, 2.45) is 0 Å². The maximum atomic E-state index is 12.1. The van der Waals surface area contributed by atoms with Crippen LogP contribution in [0.3, 0.4) is 0 Å². The summed E-state index contributed by atoms with van der Waals surface area (Å²) >= 11 is 0. The normalized spacial score (nSPS) is 21.5. The summed E-state index contributed by atoms with van der Waals surface area (Å²) in [7, 11) is 0. The number of rotatable bonds is 2. The van der Waals surface area contributed by atoms with E-state index in [9.17, 15) is 4.79 Å². The van der Waals surface area contributed by atoms with Gasteiger partial charge in [-0.25, -0.2) is 0 Å². The molecule has 90 valence electrons. The Kier molecular flexibility index (Phi) is 2.85. The van der Waals surface area contributed by atoms with E-state index in [1.165, 1.54) is 25.9 Å². The molecule has 0 spiro atoms. The zero-order chi connectivity index (χ0) is 11.7. The molecule has 2 fully saturated rings. The molecular weight excluding hydrogens is 212 g/mol. The van der Waals surface area contributed by atoms with Gasteiger partial charge in [-0.15, -0.1) is 0 Å². The number of amides is 1. The largest absolute Gasteiger partial charge is 0.335 e. The second-order valence-electron chi connectivity index (χ2n) is 4.97. The minimum absolute atomic E-state index is 0.182. The standard InChI is InChI=1S/C14H18N2O/c17-14(12-6-2-1-3-7-12)16-10-13(11-16)15-8-4-5-9-15/h1-3,6-7,13H,4-5,8-11H2. The van der Waals surface area contributed by atoms with Crippen molar-refractivity contribution >= 4 is 5.91 Å². The van der Waals surface area contributed by atoms with Crippen molar-refractivity contribution in [2.75, 3.05) is 26.2 Å². The fourth-order valence-electron chi connectivity index (χ4n) is 2.72. The Bertz CT molecular complexity index is 392. The maximum Gasteiger partial charge on any atom is 0.253 e. The molecule has 0 saturated carbocycles. The Morgan fingerprint density at radius 2 is 1.71 bits per heavy atom. The Hall–Kier alpha value is -1.35. The highest BCUT2D eigenvalue weighted by Crippen LogP contribution is 2.21. The number of benzene rings is 1. The average Bonchev–Trinajstić information content (AvgIpc) is 2.82. The lowest BCUT2D eigenvalue weighted by atomic mass is 10.1. The van der Waals surface area contributed by atoms with E-state index in [4.69, 9.17) is 0 Å². The molecule has 1 amide bonds. The molecule has 0 N–H and O–H groups in total. The molecule has 2 saturated heterocycles. The predicted molar refractivity (Wildman–Crippen MR) is 66.9 cm³/mol. The average molecular weight is 230 g/mol. The minimum Gasteiger partial charge on any atom is -0.335 e. The Labute approximate surface area is 102 Å². The topological polar surface area (TPSA) is 23.6 Å².